The van der Waals surface area contributed by atoms with Crippen molar-refractivity contribution in [2.24, 2.45) is 5.92 Å². The van der Waals surface area contributed by atoms with E-state index in [1.165, 1.54) is 57.8 Å². The van der Waals surface area contributed by atoms with Crippen LogP contribution in [0, 0.1) is 5.92 Å². The van der Waals surface area contributed by atoms with E-state index in [0.29, 0.717) is 6.42 Å². The van der Waals surface area contributed by atoms with Crippen LogP contribution >= 0.6 is 0 Å². The van der Waals surface area contributed by atoms with Crippen molar-refractivity contribution in [3.8, 4) is 0 Å². The fourth-order valence-corrected chi connectivity index (χ4v) is 3.55. The van der Waals surface area contributed by atoms with E-state index >= 15 is 0 Å². The van der Waals surface area contributed by atoms with Crippen LogP contribution in [0.3, 0.4) is 0 Å². The number of ether oxygens (including phenoxy) is 1. The summed E-state index contributed by atoms with van der Waals surface area (Å²) in [5.41, 5.74) is 0. The van der Waals surface area contributed by atoms with Gasteiger partial charge in [0.05, 0.1) is 13.2 Å². The molecule has 0 spiro atoms. The highest BCUT2D eigenvalue weighted by Crippen LogP contribution is 2.18. The van der Waals surface area contributed by atoms with Gasteiger partial charge in [-0.05, 0) is 6.42 Å². The Morgan fingerprint density at radius 3 is 1.44 bits per heavy atom. The molecule has 0 aromatic heterocycles. The topological polar surface area (TPSA) is 141 Å². The van der Waals surface area contributed by atoms with Crippen molar-refractivity contribution in [3.63, 3.8) is 0 Å². The average molecular weight is 461 g/mol. The van der Waals surface area contributed by atoms with E-state index in [1.807, 2.05) is 0 Å². The van der Waals surface area contributed by atoms with Crippen LogP contribution < -0.4 is 0 Å². The Bertz CT molecular complexity index is 508. The predicted octanol–water partition coefficient (Wildman–Crippen LogP) is 2.82. The summed E-state index contributed by atoms with van der Waals surface area (Å²) in [6, 6.07) is 0. The molecule has 0 bridgehead atoms. The van der Waals surface area contributed by atoms with Crippen molar-refractivity contribution in [2.45, 2.75) is 115 Å². The zero-order valence-corrected chi connectivity index (χ0v) is 19.7. The molecular formula is C24H44O8. The Morgan fingerprint density at radius 1 is 0.625 bits per heavy atom. The van der Waals surface area contributed by atoms with Crippen LogP contribution in [0.1, 0.15) is 103 Å². The Balaban J connectivity index is 4.08. The number of aliphatic hydroxyl groups excluding tert-OH is 4. The molecule has 3 atom stereocenters. The van der Waals surface area contributed by atoms with E-state index in [9.17, 15) is 24.6 Å². The van der Waals surface area contributed by atoms with Gasteiger partial charge in [0.1, 0.15) is 12.0 Å². The predicted molar refractivity (Wildman–Crippen MR) is 121 cm³/mol. The minimum Gasteiger partial charge on any atom is -0.393 e. The fourth-order valence-electron chi connectivity index (χ4n) is 3.55. The fraction of sp³-hybridized carbons (Fsp3) is 0.875. The Morgan fingerprint density at radius 2 is 1.03 bits per heavy atom. The Labute approximate surface area is 192 Å². The minimum absolute atomic E-state index is 0.0786. The standard InChI is InChI=1S/C24H44O8/c1-2-3-4-5-6-7-8-9-10-11-12-13-14-15-16-19(22(29)20(27)17-25)23(30)32-24(31)21(28)18-26/h19-21,25-28H,2-18H2,1H3. The smallest absolute Gasteiger partial charge is 0.345 e. The number of esters is 2. The number of unbranched alkanes of at least 4 members (excludes halogenated alkanes) is 13. The first kappa shape index (κ1) is 30.6. The van der Waals surface area contributed by atoms with Gasteiger partial charge in [-0.2, -0.15) is 0 Å². The number of hydrogen-bond acceptors (Lipinski definition) is 8. The van der Waals surface area contributed by atoms with Crippen LogP contribution in [-0.4, -0.2) is 63.6 Å². The molecule has 0 aromatic rings. The molecule has 3 unspecified atom stereocenters. The minimum atomic E-state index is -1.88. The van der Waals surface area contributed by atoms with Gasteiger partial charge in [-0.15, -0.1) is 0 Å². The second-order valence-corrected chi connectivity index (χ2v) is 8.48. The largest absolute Gasteiger partial charge is 0.393 e. The summed E-state index contributed by atoms with van der Waals surface area (Å²) >= 11 is 0. The van der Waals surface area contributed by atoms with Crippen LogP contribution in [-0.2, 0) is 19.1 Å². The summed E-state index contributed by atoms with van der Waals surface area (Å²) in [5.74, 6) is -4.85. The highest BCUT2D eigenvalue weighted by molar-refractivity contribution is 6.04. The summed E-state index contributed by atoms with van der Waals surface area (Å²) in [5, 5.41) is 36.5. The molecule has 0 saturated heterocycles. The monoisotopic (exact) mass is 460 g/mol. The zero-order chi connectivity index (χ0) is 24.2. The van der Waals surface area contributed by atoms with Gasteiger partial charge >= 0.3 is 11.9 Å². The van der Waals surface area contributed by atoms with E-state index in [1.54, 1.807) is 0 Å². The van der Waals surface area contributed by atoms with Gasteiger partial charge < -0.3 is 25.2 Å². The van der Waals surface area contributed by atoms with E-state index in [2.05, 4.69) is 11.7 Å². The van der Waals surface area contributed by atoms with Gasteiger partial charge in [0.25, 0.3) is 0 Å². The maximum absolute atomic E-state index is 12.2. The highest BCUT2D eigenvalue weighted by atomic mass is 16.6. The van der Waals surface area contributed by atoms with Crippen molar-refractivity contribution in [2.75, 3.05) is 13.2 Å². The molecule has 188 valence electrons. The molecule has 0 aliphatic rings. The maximum Gasteiger partial charge on any atom is 0.345 e. The van der Waals surface area contributed by atoms with Gasteiger partial charge in [0, 0.05) is 0 Å². The van der Waals surface area contributed by atoms with Crippen LogP contribution in [0.5, 0.6) is 0 Å². The van der Waals surface area contributed by atoms with Crippen LogP contribution in [0.4, 0.5) is 0 Å². The third-order valence-electron chi connectivity index (χ3n) is 5.62. The van der Waals surface area contributed by atoms with Gasteiger partial charge in [-0.25, -0.2) is 4.79 Å². The van der Waals surface area contributed by atoms with Crippen LogP contribution in [0.15, 0.2) is 0 Å². The van der Waals surface area contributed by atoms with E-state index < -0.39 is 49.1 Å². The lowest BCUT2D eigenvalue weighted by molar-refractivity contribution is -0.171. The summed E-state index contributed by atoms with van der Waals surface area (Å²) in [4.78, 5) is 35.8. The third-order valence-corrected chi connectivity index (χ3v) is 5.62. The van der Waals surface area contributed by atoms with Gasteiger partial charge in [0.2, 0.25) is 0 Å². The van der Waals surface area contributed by atoms with Gasteiger partial charge in [0.15, 0.2) is 11.9 Å². The van der Waals surface area contributed by atoms with Crippen molar-refractivity contribution < 1.29 is 39.5 Å². The molecular weight excluding hydrogens is 416 g/mol. The van der Waals surface area contributed by atoms with Crippen LogP contribution in [0.2, 0.25) is 0 Å². The quantitative estimate of drug-likeness (QED) is 0.116. The lowest BCUT2D eigenvalue weighted by atomic mass is 9.93. The first-order chi connectivity index (χ1) is 15.4. The molecule has 0 amide bonds. The summed E-state index contributed by atoms with van der Waals surface area (Å²) in [6.45, 7) is 0.472. The highest BCUT2D eigenvalue weighted by Gasteiger charge is 2.34. The van der Waals surface area contributed by atoms with Gasteiger partial charge in [-0.3, -0.25) is 9.59 Å². The summed E-state index contributed by atoms with van der Waals surface area (Å²) < 4.78 is 4.45. The van der Waals surface area contributed by atoms with Crippen molar-refractivity contribution >= 4 is 17.7 Å². The molecule has 0 rings (SSSR count). The molecule has 0 radical (unpaired) electrons. The Hall–Kier alpha value is -1.35. The second-order valence-electron chi connectivity index (χ2n) is 8.48. The van der Waals surface area contributed by atoms with E-state index in [0.717, 1.165) is 25.7 Å². The number of aliphatic hydroxyl groups is 4. The van der Waals surface area contributed by atoms with Gasteiger partial charge in [-0.1, -0.05) is 96.8 Å². The number of Topliss-reactive ketones (excluding diaryl/α,β-unsaturated/α-hetero) is 1. The molecule has 0 saturated carbocycles. The average Bonchev–Trinajstić information content (AvgIpc) is 2.79. The van der Waals surface area contributed by atoms with Crippen molar-refractivity contribution in [1.82, 2.24) is 0 Å². The lowest BCUT2D eigenvalue weighted by Crippen LogP contribution is -2.39. The number of hydrogen-bond donors (Lipinski definition) is 4. The molecule has 8 heteroatoms. The summed E-state index contributed by atoms with van der Waals surface area (Å²) in [7, 11) is 0. The SMILES string of the molecule is CCCCCCCCCCCCCCCCC(C(=O)OC(=O)C(O)CO)C(=O)C(O)CO. The molecule has 32 heavy (non-hydrogen) atoms. The second kappa shape index (κ2) is 20.3. The van der Waals surface area contributed by atoms with Crippen LogP contribution in [0.25, 0.3) is 0 Å². The van der Waals surface area contributed by atoms with E-state index in [-0.39, 0.29) is 6.42 Å². The first-order valence-electron chi connectivity index (χ1n) is 12.3. The lowest BCUT2D eigenvalue weighted by Gasteiger charge is -2.17. The number of carbonyl (C=O) groups excluding carboxylic acids is 3. The first-order valence-corrected chi connectivity index (χ1v) is 12.3. The molecule has 8 nitrogen and oxygen atoms in total. The number of ketones is 1. The van der Waals surface area contributed by atoms with Crippen molar-refractivity contribution in [1.29, 1.82) is 0 Å². The molecule has 0 fully saturated rings. The van der Waals surface area contributed by atoms with Crippen molar-refractivity contribution in [3.05, 3.63) is 0 Å². The molecule has 0 aromatic carbocycles. The molecule has 0 heterocycles. The maximum atomic E-state index is 12.2. The molecule has 4 N–H and O–H groups in total. The van der Waals surface area contributed by atoms with E-state index in [4.69, 9.17) is 10.2 Å². The number of carbonyl (C=O) groups is 3. The molecule has 0 aliphatic carbocycles. The normalized spacial score (nSPS) is 14.0. The Kier molecular flexibility index (Phi) is 19.4. The summed E-state index contributed by atoms with van der Waals surface area (Å²) in [6.07, 6.45) is 12.7. The zero-order valence-electron chi connectivity index (χ0n) is 19.7. The molecule has 0 aliphatic heterocycles. The third kappa shape index (κ3) is 14.7. The number of rotatable bonds is 21.